The van der Waals surface area contributed by atoms with E-state index in [1.807, 2.05) is 32.1 Å². The highest BCUT2D eigenvalue weighted by atomic mass is 79.9. The zero-order chi connectivity index (χ0) is 15.9. The summed E-state index contributed by atoms with van der Waals surface area (Å²) in [6.07, 6.45) is 3.94. The van der Waals surface area contributed by atoms with Crippen LogP contribution in [0.3, 0.4) is 0 Å². The number of rotatable bonds is 7. The monoisotopic (exact) mass is 355 g/mol. The molecule has 0 aliphatic heterocycles. The minimum Gasteiger partial charge on any atom is -0.490 e. The van der Waals surface area contributed by atoms with Crippen molar-refractivity contribution in [3.05, 3.63) is 34.3 Å². The van der Waals surface area contributed by atoms with Crippen molar-refractivity contribution in [2.45, 2.75) is 46.7 Å². The van der Waals surface area contributed by atoms with Crippen LogP contribution < -0.4 is 14.8 Å². The van der Waals surface area contributed by atoms with Crippen LogP contribution in [0.4, 0.5) is 0 Å². The van der Waals surface area contributed by atoms with Gasteiger partial charge in [-0.05, 0) is 68.2 Å². The summed E-state index contributed by atoms with van der Waals surface area (Å²) < 4.78 is 12.4. The van der Waals surface area contributed by atoms with E-state index in [4.69, 9.17) is 9.47 Å². The van der Waals surface area contributed by atoms with Crippen LogP contribution in [-0.4, -0.2) is 18.8 Å². The highest BCUT2D eigenvalue weighted by molar-refractivity contribution is 9.10. The molecule has 0 saturated heterocycles. The standard InChI is InChI=1S/C17H26BrNO2/c1-6-8-9-21-16-14(18)10-13(11-15(16)20-7-2)12-19-17(3,4)5/h6,8,10-11,19H,7,9,12H2,1-5H3. The van der Waals surface area contributed by atoms with Crippen molar-refractivity contribution >= 4 is 15.9 Å². The van der Waals surface area contributed by atoms with Crippen LogP contribution in [0.25, 0.3) is 0 Å². The lowest BCUT2D eigenvalue weighted by Crippen LogP contribution is -2.35. The fourth-order valence-corrected chi connectivity index (χ4v) is 2.33. The molecule has 1 aromatic carbocycles. The number of benzene rings is 1. The average Bonchev–Trinajstić information content (AvgIpc) is 2.39. The van der Waals surface area contributed by atoms with Gasteiger partial charge in [0, 0.05) is 12.1 Å². The van der Waals surface area contributed by atoms with E-state index in [-0.39, 0.29) is 5.54 Å². The molecule has 0 unspecified atom stereocenters. The third-order valence-corrected chi connectivity index (χ3v) is 3.34. The Hall–Kier alpha value is -1.00. The highest BCUT2D eigenvalue weighted by Gasteiger charge is 2.14. The van der Waals surface area contributed by atoms with Gasteiger partial charge in [0.05, 0.1) is 11.1 Å². The van der Waals surface area contributed by atoms with Crippen molar-refractivity contribution in [3.8, 4) is 11.5 Å². The first-order valence-electron chi connectivity index (χ1n) is 7.31. The molecule has 0 aliphatic rings. The molecule has 4 heteroatoms. The summed E-state index contributed by atoms with van der Waals surface area (Å²) in [5.74, 6) is 1.54. The number of ether oxygens (including phenoxy) is 2. The van der Waals surface area contributed by atoms with Crippen molar-refractivity contribution in [1.82, 2.24) is 5.32 Å². The molecule has 1 N–H and O–H groups in total. The highest BCUT2D eigenvalue weighted by Crippen LogP contribution is 2.37. The molecule has 0 bridgehead atoms. The lowest BCUT2D eigenvalue weighted by molar-refractivity contribution is 0.294. The third-order valence-electron chi connectivity index (χ3n) is 2.75. The SMILES string of the molecule is CC=CCOc1c(Br)cc(CNC(C)(C)C)cc1OCC. The molecule has 0 amide bonds. The first-order chi connectivity index (χ1) is 9.87. The minimum atomic E-state index is 0.0827. The number of hydrogen-bond donors (Lipinski definition) is 1. The molecule has 1 rings (SSSR count). The molecule has 0 heterocycles. The van der Waals surface area contributed by atoms with Gasteiger partial charge in [0.15, 0.2) is 11.5 Å². The smallest absolute Gasteiger partial charge is 0.175 e. The fraction of sp³-hybridized carbons (Fsp3) is 0.529. The predicted molar refractivity (Wildman–Crippen MR) is 92.2 cm³/mol. The molecule has 0 fully saturated rings. The molecule has 0 aliphatic carbocycles. The summed E-state index contributed by atoms with van der Waals surface area (Å²) in [7, 11) is 0. The van der Waals surface area contributed by atoms with E-state index in [1.54, 1.807) is 0 Å². The quantitative estimate of drug-likeness (QED) is 0.719. The second kappa shape index (κ2) is 8.44. The van der Waals surface area contributed by atoms with Crippen LogP contribution >= 0.6 is 15.9 Å². The predicted octanol–water partition coefficient (Wildman–Crippen LogP) is 4.69. The summed E-state index contributed by atoms with van der Waals surface area (Å²) in [6, 6.07) is 4.12. The van der Waals surface area contributed by atoms with Gasteiger partial charge in [-0.2, -0.15) is 0 Å². The molecular formula is C17H26BrNO2. The minimum absolute atomic E-state index is 0.0827. The molecule has 0 saturated carbocycles. The number of nitrogens with one attached hydrogen (secondary N) is 1. The molecule has 0 atom stereocenters. The Morgan fingerprint density at radius 2 is 1.95 bits per heavy atom. The van der Waals surface area contributed by atoms with Gasteiger partial charge in [0.2, 0.25) is 0 Å². The zero-order valence-electron chi connectivity index (χ0n) is 13.6. The summed E-state index contributed by atoms with van der Waals surface area (Å²) in [4.78, 5) is 0. The lowest BCUT2D eigenvalue weighted by atomic mass is 10.1. The first-order valence-corrected chi connectivity index (χ1v) is 8.11. The van der Waals surface area contributed by atoms with E-state index >= 15 is 0 Å². The van der Waals surface area contributed by atoms with Gasteiger partial charge >= 0.3 is 0 Å². The molecule has 0 radical (unpaired) electrons. The average molecular weight is 356 g/mol. The van der Waals surface area contributed by atoms with Gasteiger partial charge in [-0.3, -0.25) is 0 Å². The van der Waals surface area contributed by atoms with Gasteiger partial charge in [0.1, 0.15) is 6.61 Å². The third kappa shape index (κ3) is 6.53. The zero-order valence-corrected chi connectivity index (χ0v) is 15.2. The second-order valence-electron chi connectivity index (χ2n) is 5.82. The Kier molecular flexibility index (Phi) is 7.26. The van der Waals surface area contributed by atoms with Crippen LogP contribution in [0, 0.1) is 0 Å². The van der Waals surface area contributed by atoms with Crippen LogP contribution in [0.15, 0.2) is 28.8 Å². The van der Waals surface area contributed by atoms with Gasteiger partial charge < -0.3 is 14.8 Å². The summed E-state index contributed by atoms with van der Waals surface area (Å²) in [5.41, 5.74) is 1.25. The van der Waals surface area contributed by atoms with Crippen LogP contribution in [0.2, 0.25) is 0 Å². The Bertz CT molecular complexity index is 478. The van der Waals surface area contributed by atoms with Crippen LogP contribution in [0.5, 0.6) is 11.5 Å². The van der Waals surface area contributed by atoms with Crippen molar-refractivity contribution in [1.29, 1.82) is 0 Å². The molecule has 21 heavy (non-hydrogen) atoms. The maximum atomic E-state index is 5.78. The molecular weight excluding hydrogens is 330 g/mol. The molecule has 3 nitrogen and oxygen atoms in total. The summed E-state index contributed by atoms with van der Waals surface area (Å²) >= 11 is 3.58. The maximum Gasteiger partial charge on any atom is 0.175 e. The van der Waals surface area contributed by atoms with Crippen LogP contribution in [0.1, 0.15) is 40.2 Å². The normalized spacial score (nSPS) is 11.9. The van der Waals surface area contributed by atoms with Crippen LogP contribution in [-0.2, 0) is 6.54 Å². The van der Waals surface area contributed by atoms with E-state index in [1.165, 1.54) is 5.56 Å². The molecule has 1 aromatic rings. The Balaban J connectivity index is 2.94. The Morgan fingerprint density at radius 1 is 1.24 bits per heavy atom. The van der Waals surface area contributed by atoms with Gasteiger partial charge in [0.25, 0.3) is 0 Å². The summed E-state index contributed by atoms with van der Waals surface area (Å²) in [5, 5.41) is 3.48. The number of hydrogen-bond acceptors (Lipinski definition) is 3. The molecule has 0 spiro atoms. The van der Waals surface area contributed by atoms with Gasteiger partial charge in [-0.25, -0.2) is 0 Å². The maximum absolute atomic E-state index is 5.78. The Morgan fingerprint density at radius 3 is 2.52 bits per heavy atom. The first kappa shape index (κ1) is 18.1. The van der Waals surface area contributed by atoms with E-state index in [0.29, 0.717) is 13.2 Å². The van der Waals surface area contributed by atoms with Crippen molar-refractivity contribution in [2.75, 3.05) is 13.2 Å². The fourth-order valence-electron chi connectivity index (χ4n) is 1.72. The van der Waals surface area contributed by atoms with E-state index in [0.717, 1.165) is 22.5 Å². The lowest BCUT2D eigenvalue weighted by Gasteiger charge is -2.21. The Labute approximate surface area is 136 Å². The second-order valence-corrected chi connectivity index (χ2v) is 6.68. The molecule has 118 valence electrons. The summed E-state index contributed by atoms with van der Waals surface area (Å²) in [6.45, 7) is 12.3. The van der Waals surface area contributed by atoms with E-state index < -0.39 is 0 Å². The van der Waals surface area contributed by atoms with E-state index in [2.05, 4.69) is 48.1 Å². The van der Waals surface area contributed by atoms with Gasteiger partial charge in [-0.1, -0.05) is 12.2 Å². The number of allylic oxidation sites excluding steroid dienone is 1. The largest absolute Gasteiger partial charge is 0.490 e. The van der Waals surface area contributed by atoms with Gasteiger partial charge in [-0.15, -0.1) is 0 Å². The van der Waals surface area contributed by atoms with Crippen molar-refractivity contribution in [3.63, 3.8) is 0 Å². The molecule has 0 aromatic heterocycles. The van der Waals surface area contributed by atoms with E-state index in [9.17, 15) is 0 Å². The van der Waals surface area contributed by atoms with Crippen molar-refractivity contribution < 1.29 is 9.47 Å². The topological polar surface area (TPSA) is 30.5 Å². The van der Waals surface area contributed by atoms with Crippen molar-refractivity contribution in [2.24, 2.45) is 0 Å². The number of halogens is 1.